The van der Waals surface area contributed by atoms with Gasteiger partial charge < -0.3 is 4.74 Å². The van der Waals surface area contributed by atoms with E-state index in [2.05, 4.69) is 26.2 Å². The summed E-state index contributed by atoms with van der Waals surface area (Å²) in [5.74, 6) is 0.496. The number of hydrogen-bond acceptors (Lipinski definition) is 4. The molecule has 82 valence electrons. The predicted octanol–water partition coefficient (Wildman–Crippen LogP) is 3.52. The van der Waals surface area contributed by atoms with Gasteiger partial charge >= 0.3 is 6.09 Å². The molecule has 4 nitrogen and oxygen atoms in total. The average Bonchev–Trinajstić information content (AvgIpc) is 2.65. The van der Waals surface area contributed by atoms with E-state index < -0.39 is 6.09 Å². The van der Waals surface area contributed by atoms with E-state index in [1.165, 1.54) is 11.3 Å². The number of rotatable bonds is 2. The highest BCUT2D eigenvalue weighted by molar-refractivity contribution is 9.10. The third-order valence-electron chi connectivity index (χ3n) is 1.64. The van der Waals surface area contributed by atoms with Gasteiger partial charge in [-0.3, -0.25) is 5.32 Å². The summed E-state index contributed by atoms with van der Waals surface area (Å²) < 4.78 is 5.72. The van der Waals surface area contributed by atoms with E-state index in [1.807, 2.05) is 6.07 Å². The topological polar surface area (TPSA) is 51.2 Å². The van der Waals surface area contributed by atoms with Crippen molar-refractivity contribution in [3.63, 3.8) is 0 Å². The second-order valence-corrected chi connectivity index (χ2v) is 4.47. The first kappa shape index (κ1) is 11.1. The molecule has 1 aromatic carbocycles. The number of aromatic nitrogens is 1. The second-order valence-electron chi connectivity index (χ2n) is 2.80. The van der Waals surface area contributed by atoms with E-state index in [0.29, 0.717) is 15.5 Å². The van der Waals surface area contributed by atoms with Crippen LogP contribution < -0.4 is 10.1 Å². The molecular weight excluding hydrogens is 292 g/mol. The molecule has 0 fully saturated rings. The van der Waals surface area contributed by atoms with Crippen molar-refractivity contribution in [1.29, 1.82) is 0 Å². The summed E-state index contributed by atoms with van der Waals surface area (Å²) in [7, 11) is 0. The summed E-state index contributed by atoms with van der Waals surface area (Å²) >= 11 is 4.51. The van der Waals surface area contributed by atoms with Crippen LogP contribution in [0.3, 0.4) is 0 Å². The monoisotopic (exact) mass is 298 g/mol. The van der Waals surface area contributed by atoms with Gasteiger partial charge in [0.1, 0.15) is 10.4 Å². The van der Waals surface area contributed by atoms with Crippen LogP contribution in [0.25, 0.3) is 0 Å². The molecule has 0 saturated carbocycles. The van der Waals surface area contributed by atoms with Crippen LogP contribution >= 0.6 is 27.3 Å². The van der Waals surface area contributed by atoms with Gasteiger partial charge in [0, 0.05) is 5.38 Å². The molecule has 0 atom stereocenters. The molecule has 2 rings (SSSR count). The number of nitrogens with one attached hydrogen (secondary N) is 1. The molecule has 1 aromatic heterocycles. The maximum Gasteiger partial charge on any atom is 0.418 e. The maximum absolute atomic E-state index is 11.4. The average molecular weight is 299 g/mol. The third kappa shape index (κ3) is 3.04. The summed E-state index contributed by atoms with van der Waals surface area (Å²) in [6, 6.07) is 8.85. The molecule has 0 saturated heterocycles. The van der Waals surface area contributed by atoms with E-state index in [1.54, 1.807) is 29.6 Å². The van der Waals surface area contributed by atoms with Crippen LogP contribution in [0.5, 0.6) is 5.75 Å². The van der Waals surface area contributed by atoms with Crippen molar-refractivity contribution in [2.24, 2.45) is 0 Å². The fourth-order valence-corrected chi connectivity index (χ4v) is 2.15. The number of anilines is 1. The fourth-order valence-electron chi connectivity index (χ4n) is 1.02. The summed E-state index contributed by atoms with van der Waals surface area (Å²) in [6.07, 6.45) is -0.548. The molecular formula is C10H7BrN2O2S. The SMILES string of the molecule is O=C(Nc1nc(Br)cs1)Oc1ccccc1. The summed E-state index contributed by atoms with van der Waals surface area (Å²) in [5.41, 5.74) is 0. The normalized spacial score (nSPS) is 9.81. The van der Waals surface area contributed by atoms with Gasteiger partial charge in [0.2, 0.25) is 0 Å². The Morgan fingerprint density at radius 3 is 2.75 bits per heavy atom. The highest BCUT2D eigenvalue weighted by atomic mass is 79.9. The zero-order chi connectivity index (χ0) is 11.4. The lowest BCUT2D eigenvalue weighted by Gasteiger charge is -2.03. The number of thiazole rings is 1. The Morgan fingerprint density at radius 1 is 1.38 bits per heavy atom. The molecule has 0 aliphatic heterocycles. The number of benzene rings is 1. The van der Waals surface area contributed by atoms with Crippen LogP contribution in [-0.2, 0) is 0 Å². The Labute approximate surface area is 104 Å². The van der Waals surface area contributed by atoms with E-state index in [-0.39, 0.29) is 0 Å². The number of hydrogen-bond donors (Lipinski definition) is 1. The maximum atomic E-state index is 11.4. The molecule has 0 spiro atoms. The minimum absolute atomic E-state index is 0.493. The van der Waals surface area contributed by atoms with Gasteiger partial charge in [0.05, 0.1) is 0 Å². The molecule has 0 unspecified atom stereocenters. The lowest BCUT2D eigenvalue weighted by Crippen LogP contribution is -2.16. The third-order valence-corrected chi connectivity index (χ3v) is 3.11. The minimum atomic E-state index is -0.548. The van der Waals surface area contributed by atoms with Crippen molar-refractivity contribution >= 4 is 38.5 Å². The highest BCUT2D eigenvalue weighted by Gasteiger charge is 2.07. The zero-order valence-electron chi connectivity index (χ0n) is 8.01. The Morgan fingerprint density at radius 2 is 2.12 bits per heavy atom. The van der Waals surface area contributed by atoms with Crippen LogP contribution in [-0.4, -0.2) is 11.1 Å². The molecule has 1 heterocycles. The molecule has 0 aliphatic carbocycles. The van der Waals surface area contributed by atoms with Gasteiger partial charge in [-0.1, -0.05) is 18.2 Å². The highest BCUT2D eigenvalue weighted by Crippen LogP contribution is 2.19. The molecule has 0 aliphatic rings. The molecule has 6 heteroatoms. The van der Waals surface area contributed by atoms with Gasteiger partial charge in [0.25, 0.3) is 0 Å². The summed E-state index contributed by atoms with van der Waals surface area (Å²) in [6.45, 7) is 0. The summed E-state index contributed by atoms with van der Waals surface area (Å²) in [4.78, 5) is 15.4. The molecule has 0 radical (unpaired) electrons. The number of ether oxygens (including phenoxy) is 1. The van der Waals surface area contributed by atoms with Crippen LogP contribution in [0.2, 0.25) is 0 Å². The fraction of sp³-hybridized carbons (Fsp3) is 0. The van der Waals surface area contributed by atoms with Crippen molar-refractivity contribution in [3.05, 3.63) is 40.3 Å². The van der Waals surface area contributed by atoms with Gasteiger partial charge in [0.15, 0.2) is 5.13 Å². The van der Waals surface area contributed by atoms with Crippen LogP contribution in [0.4, 0.5) is 9.93 Å². The van der Waals surface area contributed by atoms with Gasteiger partial charge in [-0.2, -0.15) is 0 Å². The quantitative estimate of drug-likeness (QED) is 0.923. The number of amides is 1. The van der Waals surface area contributed by atoms with Crippen LogP contribution in [0, 0.1) is 0 Å². The number of nitrogens with zero attached hydrogens (tertiary/aromatic N) is 1. The second kappa shape index (κ2) is 5.09. The van der Waals surface area contributed by atoms with Crippen LogP contribution in [0.15, 0.2) is 40.3 Å². The lowest BCUT2D eigenvalue weighted by molar-refractivity contribution is 0.215. The number of halogens is 1. The predicted molar refractivity (Wildman–Crippen MR) is 65.9 cm³/mol. The lowest BCUT2D eigenvalue weighted by atomic mass is 10.3. The van der Waals surface area contributed by atoms with Crippen molar-refractivity contribution in [3.8, 4) is 5.75 Å². The molecule has 1 N–H and O–H groups in total. The molecule has 0 bridgehead atoms. The van der Waals surface area contributed by atoms with E-state index in [4.69, 9.17) is 4.74 Å². The first-order valence-corrected chi connectivity index (χ1v) is 6.06. The Bertz CT molecular complexity index is 487. The standard InChI is InChI=1S/C10H7BrN2O2S/c11-8-6-16-9(12-8)13-10(14)15-7-4-2-1-3-5-7/h1-6H,(H,12,13,14). The van der Waals surface area contributed by atoms with E-state index in [0.717, 1.165) is 0 Å². The Balaban J connectivity index is 1.95. The van der Waals surface area contributed by atoms with Crippen molar-refractivity contribution in [2.45, 2.75) is 0 Å². The van der Waals surface area contributed by atoms with Gasteiger partial charge in [-0.15, -0.1) is 11.3 Å². The number of carbonyl (C=O) groups is 1. The minimum Gasteiger partial charge on any atom is -0.410 e. The van der Waals surface area contributed by atoms with E-state index in [9.17, 15) is 4.79 Å². The molecule has 2 aromatic rings. The molecule has 1 amide bonds. The van der Waals surface area contributed by atoms with Crippen LogP contribution in [0.1, 0.15) is 0 Å². The Hall–Kier alpha value is -1.40. The smallest absolute Gasteiger partial charge is 0.410 e. The number of para-hydroxylation sites is 1. The van der Waals surface area contributed by atoms with Gasteiger partial charge in [-0.25, -0.2) is 9.78 Å². The first-order chi connectivity index (χ1) is 7.74. The zero-order valence-corrected chi connectivity index (χ0v) is 10.4. The van der Waals surface area contributed by atoms with Crippen molar-refractivity contribution < 1.29 is 9.53 Å². The summed E-state index contributed by atoms with van der Waals surface area (Å²) in [5, 5.41) is 4.80. The largest absolute Gasteiger partial charge is 0.418 e. The Kier molecular flexibility index (Phi) is 3.53. The first-order valence-electron chi connectivity index (χ1n) is 4.39. The molecule has 16 heavy (non-hydrogen) atoms. The number of carbonyl (C=O) groups excluding carboxylic acids is 1. The van der Waals surface area contributed by atoms with Crippen molar-refractivity contribution in [1.82, 2.24) is 4.98 Å². The van der Waals surface area contributed by atoms with Gasteiger partial charge in [-0.05, 0) is 28.1 Å². The van der Waals surface area contributed by atoms with E-state index >= 15 is 0 Å². The van der Waals surface area contributed by atoms with Crippen molar-refractivity contribution in [2.75, 3.05) is 5.32 Å².